The second kappa shape index (κ2) is 6.23. The van der Waals surface area contributed by atoms with E-state index in [9.17, 15) is 9.18 Å². The molecule has 0 aliphatic carbocycles. The molecule has 0 radical (unpaired) electrons. The number of rotatable bonds is 5. The summed E-state index contributed by atoms with van der Waals surface area (Å²) in [6, 6.07) is 4.60. The number of anilines is 1. The Morgan fingerprint density at radius 3 is 2.71 bits per heavy atom. The average Bonchev–Trinajstić information content (AvgIpc) is 2.31. The van der Waals surface area contributed by atoms with Gasteiger partial charge in [-0.25, -0.2) is 4.39 Å². The first-order valence-electron chi connectivity index (χ1n) is 5.93. The molecule has 0 aromatic heterocycles. The van der Waals surface area contributed by atoms with Crippen molar-refractivity contribution in [3.63, 3.8) is 0 Å². The van der Waals surface area contributed by atoms with E-state index in [4.69, 9.17) is 0 Å². The van der Waals surface area contributed by atoms with E-state index in [0.29, 0.717) is 12.1 Å². The summed E-state index contributed by atoms with van der Waals surface area (Å²) >= 11 is 0. The Balaban J connectivity index is 2.96. The third kappa shape index (κ3) is 3.44. The van der Waals surface area contributed by atoms with Crippen LogP contribution in [0.4, 0.5) is 10.1 Å². The molecule has 1 atom stereocenters. The molecule has 0 aliphatic heterocycles. The van der Waals surface area contributed by atoms with E-state index < -0.39 is 5.82 Å². The van der Waals surface area contributed by atoms with Crippen LogP contribution in [-0.4, -0.2) is 18.5 Å². The number of nitrogens with one attached hydrogen (secondary N) is 2. The topological polar surface area (TPSA) is 41.1 Å². The van der Waals surface area contributed by atoms with E-state index >= 15 is 0 Å². The minimum absolute atomic E-state index is 0.0836. The lowest BCUT2D eigenvalue weighted by Gasteiger charge is -2.15. The Bertz CT molecular complexity index is 393. The fourth-order valence-corrected chi connectivity index (χ4v) is 1.47. The molecule has 1 unspecified atom stereocenters. The highest BCUT2D eigenvalue weighted by Crippen LogP contribution is 2.19. The molecular weight excluding hydrogens is 219 g/mol. The Morgan fingerprint density at radius 2 is 2.12 bits per heavy atom. The van der Waals surface area contributed by atoms with Gasteiger partial charge in [0.05, 0.1) is 11.3 Å². The quantitative estimate of drug-likeness (QED) is 0.828. The average molecular weight is 238 g/mol. The monoisotopic (exact) mass is 238 g/mol. The van der Waals surface area contributed by atoms with Crippen molar-refractivity contribution in [2.75, 3.05) is 11.9 Å². The molecule has 0 aliphatic rings. The van der Waals surface area contributed by atoms with Crippen molar-refractivity contribution in [3.05, 3.63) is 29.6 Å². The Kier molecular flexibility index (Phi) is 4.94. The van der Waals surface area contributed by atoms with E-state index in [-0.39, 0.29) is 17.6 Å². The lowest BCUT2D eigenvalue weighted by Crippen LogP contribution is -2.32. The zero-order valence-electron chi connectivity index (χ0n) is 10.5. The Labute approximate surface area is 101 Å². The van der Waals surface area contributed by atoms with Gasteiger partial charge in [0, 0.05) is 12.6 Å². The third-order valence-electron chi connectivity index (χ3n) is 2.60. The summed E-state index contributed by atoms with van der Waals surface area (Å²) in [6.07, 6.45) is 0.845. The van der Waals surface area contributed by atoms with Crippen molar-refractivity contribution in [1.82, 2.24) is 5.32 Å². The number of para-hydroxylation sites is 1. The molecule has 0 bridgehead atoms. The molecule has 0 fully saturated rings. The highest BCUT2D eigenvalue weighted by atomic mass is 19.1. The van der Waals surface area contributed by atoms with Crippen LogP contribution >= 0.6 is 0 Å². The molecule has 0 saturated heterocycles. The van der Waals surface area contributed by atoms with Crippen LogP contribution < -0.4 is 10.6 Å². The molecule has 0 saturated carbocycles. The SMILES string of the molecule is CCNc1c(F)cccc1C(=O)NC(C)CC. The minimum atomic E-state index is -0.399. The molecule has 2 N–H and O–H groups in total. The van der Waals surface area contributed by atoms with E-state index in [0.717, 1.165) is 6.42 Å². The van der Waals surface area contributed by atoms with Gasteiger partial charge < -0.3 is 10.6 Å². The normalized spacial score (nSPS) is 12.0. The lowest BCUT2D eigenvalue weighted by atomic mass is 10.1. The first-order valence-corrected chi connectivity index (χ1v) is 5.93. The van der Waals surface area contributed by atoms with Crippen LogP contribution in [0, 0.1) is 5.82 Å². The molecule has 0 spiro atoms. The van der Waals surface area contributed by atoms with Crippen LogP contribution in [0.2, 0.25) is 0 Å². The summed E-state index contributed by atoms with van der Waals surface area (Å²) in [4.78, 5) is 11.9. The number of amides is 1. The molecule has 1 amide bonds. The molecular formula is C13H19FN2O. The molecule has 0 heterocycles. The highest BCUT2D eigenvalue weighted by molar-refractivity contribution is 5.99. The second-order valence-corrected chi connectivity index (χ2v) is 3.98. The van der Waals surface area contributed by atoms with Crippen LogP contribution in [-0.2, 0) is 0 Å². The maximum Gasteiger partial charge on any atom is 0.253 e. The zero-order valence-corrected chi connectivity index (χ0v) is 10.5. The van der Waals surface area contributed by atoms with Gasteiger partial charge in [0.2, 0.25) is 0 Å². The van der Waals surface area contributed by atoms with Gasteiger partial charge in [-0.3, -0.25) is 4.79 Å². The van der Waals surface area contributed by atoms with Gasteiger partial charge in [-0.1, -0.05) is 13.0 Å². The summed E-state index contributed by atoms with van der Waals surface area (Å²) in [6.45, 7) is 6.35. The zero-order chi connectivity index (χ0) is 12.8. The summed E-state index contributed by atoms with van der Waals surface area (Å²) in [7, 11) is 0. The van der Waals surface area contributed by atoms with E-state index in [1.165, 1.54) is 6.07 Å². The van der Waals surface area contributed by atoms with E-state index in [1.54, 1.807) is 12.1 Å². The number of halogens is 1. The Morgan fingerprint density at radius 1 is 1.41 bits per heavy atom. The van der Waals surface area contributed by atoms with Crippen molar-refractivity contribution in [1.29, 1.82) is 0 Å². The first kappa shape index (κ1) is 13.5. The van der Waals surface area contributed by atoms with Gasteiger partial charge in [0.25, 0.3) is 5.91 Å². The lowest BCUT2D eigenvalue weighted by molar-refractivity contribution is 0.0939. The van der Waals surface area contributed by atoms with Crippen molar-refractivity contribution in [2.45, 2.75) is 33.2 Å². The first-order chi connectivity index (χ1) is 8.10. The van der Waals surface area contributed by atoms with Crippen molar-refractivity contribution in [2.24, 2.45) is 0 Å². The maximum absolute atomic E-state index is 13.6. The van der Waals surface area contributed by atoms with Gasteiger partial charge in [-0.15, -0.1) is 0 Å². The predicted molar refractivity (Wildman–Crippen MR) is 67.8 cm³/mol. The van der Waals surface area contributed by atoms with Crippen LogP contribution in [0.5, 0.6) is 0 Å². The van der Waals surface area contributed by atoms with Crippen molar-refractivity contribution in [3.8, 4) is 0 Å². The van der Waals surface area contributed by atoms with Crippen LogP contribution in [0.25, 0.3) is 0 Å². The molecule has 1 rings (SSSR count). The van der Waals surface area contributed by atoms with Crippen LogP contribution in [0.1, 0.15) is 37.6 Å². The third-order valence-corrected chi connectivity index (χ3v) is 2.60. The fraction of sp³-hybridized carbons (Fsp3) is 0.462. The number of hydrogen-bond acceptors (Lipinski definition) is 2. The minimum Gasteiger partial charge on any atom is -0.382 e. The predicted octanol–water partition coefficient (Wildman–Crippen LogP) is 2.79. The summed E-state index contributed by atoms with van der Waals surface area (Å²) in [5.41, 5.74) is 0.628. The molecule has 1 aromatic rings. The Hall–Kier alpha value is -1.58. The molecule has 1 aromatic carbocycles. The highest BCUT2D eigenvalue weighted by Gasteiger charge is 2.15. The number of carbonyl (C=O) groups is 1. The van der Waals surface area contributed by atoms with E-state index in [1.807, 2.05) is 20.8 Å². The standard InChI is InChI=1S/C13H19FN2O/c1-4-9(3)16-13(17)10-7-6-8-11(14)12(10)15-5-2/h6-9,15H,4-5H2,1-3H3,(H,16,17). The molecule has 94 valence electrons. The maximum atomic E-state index is 13.6. The van der Waals surface area contributed by atoms with Gasteiger partial charge in [0.1, 0.15) is 5.82 Å². The second-order valence-electron chi connectivity index (χ2n) is 3.98. The van der Waals surface area contributed by atoms with Crippen molar-refractivity contribution < 1.29 is 9.18 Å². The molecule has 4 heteroatoms. The smallest absolute Gasteiger partial charge is 0.253 e. The summed E-state index contributed by atoms with van der Waals surface area (Å²) in [5.74, 6) is -0.640. The van der Waals surface area contributed by atoms with Crippen LogP contribution in [0.3, 0.4) is 0 Å². The summed E-state index contributed by atoms with van der Waals surface area (Å²) in [5, 5.41) is 5.71. The van der Waals surface area contributed by atoms with Gasteiger partial charge in [0.15, 0.2) is 0 Å². The van der Waals surface area contributed by atoms with Gasteiger partial charge in [-0.05, 0) is 32.4 Å². The number of benzene rings is 1. The van der Waals surface area contributed by atoms with Gasteiger partial charge in [-0.2, -0.15) is 0 Å². The molecule has 17 heavy (non-hydrogen) atoms. The fourth-order valence-electron chi connectivity index (χ4n) is 1.47. The molecule has 3 nitrogen and oxygen atoms in total. The van der Waals surface area contributed by atoms with Crippen LogP contribution in [0.15, 0.2) is 18.2 Å². The number of hydrogen-bond donors (Lipinski definition) is 2. The van der Waals surface area contributed by atoms with Gasteiger partial charge >= 0.3 is 0 Å². The summed E-state index contributed by atoms with van der Waals surface area (Å²) < 4.78 is 13.6. The van der Waals surface area contributed by atoms with E-state index in [2.05, 4.69) is 10.6 Å². The number of carbonyl (C=O) groups excluding carboxylic acids is 1. The largest absolute Gasteiger partial charge is 0.382 e. The van der Waals surface area contributed by atoms with Crippen molar-refractivity contribution >= 4 is 11.6 Å².